The summed E-state index contributed by atoms with van der Waals surface area (Å²) in [5.41, 5.74) is 4.22. The maximum atomic E-state index is 12.3. The Balaban J connectivity index is 1.54. The Morgan fingerprint density at radius 3 is 2.63 bits per heavy atom. The minimum atomic E-state index is -0.564. The maximum Gasteiger partial charge on any atom is 0.410 e. The van der Waals surface area contributed by atoms with Crippen LogP contribution in [0.4, 0.5) is 22.1 Å². The number of rotatable bonds is 11. The number of hydrogen-bond acceptors (Lipinski definition) is 8. The highest BCUT2D eigenvalue weighted by molar-refractivity contribution is 6.00. The van der Waals surface area contributed by atoms with E-state index < -0.39 is 11.7 Å². The number of nitrogens with zero attached hydrogens (tertiary/aromatic N) is 4. The molecule has 4 aromatic rings. The molecule has 0 atom stereocenters. The van der Waals surface area contributed by atoms with Crippen LogP contribution in [0.3, 0.4) is 0 Å². The summed E-state index contributed by atoms with van der Waals surface area (Å²) in [5.74, 6) is 0.565. The first-order chi connectivity index (χ1) is 20.5. The molecule has 2 aromatic heterocycles. The van der Waals surface area contributed by atoms with Gasteiger partial charge in [-0.2, -0.15) is 0 Å². The molecule has 0 bridgehead atoms. The molecule has 0 saturated carbocycles. The Morgan fingerprint density at radius 1 is 1.14 bits per heavy atom. The highest BCUT2D eigenvalue weighted by Gasteiger charge is 2.19. The van der Waals surface area contributed by atoms with Crippen LogP contribution in [0.5, 0.6) is 5.75 Å². The van der Waals surface area contributed by atoms with Crippen LogP contribution in [0, 0.1) is 0 Å². The number of aromatic nitrogens is 3. The Labute approximate surface area is 251 Å². The first-order valence-corrected chi connectivity index (χ1v) is 13.9. The number of amides is 2. The Kier molecular flexibility index (Phi) is 9.66. The van der Waals surface area contributed by atoms with Gasteiger partial charge in [-0.25, -0.2) is 14.8 Å². The van der Waals surface area contributed by atoms with Gasteiger partial charge in [0.05, 0.1) is 18.5 Å². The minimum absolute atomic E-state index is 0.351. The fourth-order valence-corrected chi connectivity index (χ4v) is 4.47. The number of ether oxygens (including phenoxy) is 2. The van der Waals surface area contributed by atoms with Crippen molar-refractivity contribution in [3.8, 4) is 17.0 Å². The van der Waals surface area contributed by atoms with Crippen LogP contribution in [0.1, 0.15) is 26.3 Å². The number of hydrogen-bond donors (Lipinski definition) is 3. The third-order valence-electron chi connectivity index (χ3n) is 6.59. The number of methoxy groups -OCH3 is 1. The molecule has 2 amide bonds. The van der Waals surface area contributed by atoms with Crippen LogP contribution >= 0.6 is 0 Å². The molecule has 11 heteroatoms. The molecule has 0 fully saturated rings. The average Bonchev–Trinajstić information content (AvgIpc) is 3.31. The van der Waals surface area contributed by atoms with E-state index in [2.05, 4.69) is 44.2 Å². The number of fused-ring (bicyclic) bond motifs is 1. The second-order valence-corrected chi connectivity index (χ2v) is 11.0. The SMILES string of the molecule is C=CC(=O)Nc1cc(Nc2nccc(-c3cn(C)c4ccccc34)n2)c(OC)cc1CNCCN(C)C(=O)OC(C)(C)C. The highest BCUT2D eigenvalue weighted by atomic mass is 16.6. The van der Waals surface area contributed by atoms with Gasteiger partial charge in [-0.3, -0.25) is 4.79 Å². The Hall–Kier alpha value is -4.90. The molecule has 2 heterocycles. The van der Waals surface area contributed by atoms with E-state index in [-0.39, 0.29) is 5.91 Å². The van der Waals surface area contributed by atoms with Crippen LogP contribution in [0.25, 0.3) is 22.2 Å². The number of likely N-dealkylation sites (N-methyl/N-ethyl adjacent to an activating group) is 1. The molecule has 0 saturated heterocycles. The molecule has 0 spiro atoms. The summed E-state index contributed by atoms with van der Waals surface area (Å²) >= 11 is 0. The topological polar surface area (TPSA) is 123 Å². The van der Waals surface area contributed by atoms with E-state index in [1.165, 1.54) is 11.0 Å². The molecule has 226 valence electrons. The van der Waals surface area contributed by atoms with Crippen molar-refractivity contribution >= 4 is 40.2 Å². The second kappa shape index (κ2) is 13.4. The smallest absolute Gasteiger partial charge is 0.410 e. The number of benzene rings is 2. The zero-order valence-electron chi connectivity index (χ0n) is 25.5. The molecular weight excluding hydrogens is 546 g/mol. The summed E-state index contributed by atoms with van der Waals surface area (Å²) < 4.78 is 13.2. The van der Waals surface area contributed by atoms with Gasteiger partial charge in [0.2, 0.25) is 11.9 Å². The van der Waals surface area contributed by atoms with E-state index in [9.17, 15) is 9.59 Å². The predicted molar refractivity (Wildman–Crippen MR) is 170 cm³/mol. The second-order valence-electron chi connectivity index (χ2n) is 11.0. The number of nitrogens with one attached hydrogen (secondary N) is 3. The number of anilines is 3. The molecule has 0 aliphatic rings. The molecule has 43 heavy (non-hydrogen) atoms. The maximum absolute atomic E-state index is 12.3. The molecule has 0 unspecified atom stereocenters. The van der Waals surface area contributed by atoms with Crippen LogP contribution in [-0.2, 0) is 23.1 Å². The number of carbonyl (C=O) groups excluding carboxylic acids is 2. The van der Waals surface area contributed by atoms with E-state index in [0.717, 1.165) is 27.7 Å². The third-order valence-corrected chi connectivity index (χ3v) is 6.59. The summed E-state index contributed by atoms with van der Waals surface area (Å²) in [6.07, 6.45) is 4.57. The number of carbonyl (C=O) groups is 2. The summed E-state index contributed by atoms with van der Waals surface area (Å²) in [6, 6.07) is 13.6. The lowest BCUT2D eigenvalue weighted by Crippen LogP contribution is -2.37. The molecule has 3 N–H and O–H groups in total. The van der Waals surface area contributed by atoms with Gasteiger partial charge in [0.15, 0.2) is 0 Å². The third kappa shape index (κ3) is 7.89. The molecule has 11 nitrogen and oxygen atoms in total. The van der Waals surface area contributed by atoms with E-state index in [1.807, 2.05) is 58.3 Å². The predicted octanol–water partition coefficient (Wildman–Crippen LogP) is 5.47. The van der Waals surface area contributed by atoms with Crippen LogP contribution in [-0.4, -0.2) is 64.3 Å². The average molecular weight is 586 g/mol. The van der Waals surface area contributed by atoms with Gasteiger partial charge < -0.3 is 34.9 Å². The minimum Gasteiger partial charge on any atom is -0.495 e. The molecule has 0 radical (unpaired) electrons. The van der Waals surface area contributed by atoms with Crippen molar-refractivity contribution in [3.05, 3.63) is 73.1 Å². The lowest BCUT2D eigenvalue weighted by atomic mass is 10.1. The summed E-state index contributed by atoms with van der Waals surface area (Å²) in [7, 11) is 5.26. The quantitative estimate of drug-likeness (QED) is 0.157. The first-order valence-electron chi connectivity index (χ1n) is 13.9. The van der Waals surface area contributed by atoms with Crippen molar-refractivity contribution in [3.63, 3.8) is 0 Å². The Morgan fingerprint density at radius 2 is 1.91 bits per heavy atom. The Bertz CT molecular complexity index is 1620. The largest absolute Gasteiger partial charge is 0.495 e. The molecule has 4 rings (SSSR count). The van der Waals surface area contributed by atoms with Gasteiger partial charge >= 0.3 is 6.09 Å². The first kappa shape index (κ1) is 31.0. The summed E-state index contributed by atoms with van der Waals surface area (Å²) in [5, 5.41) is 10.5. The van der Waals surface area contributed by atoms with Gasteiger partial charge in [-0.15, -0.1) is 0 Å². The van der Waals surface area contributed by atoms with Crippen LogP contribution < -0.4 is 20.7 Å². The molecule has 2 aromatic carbocycles. The van der Waals surface area contributed by atoms with Crippen molar-refractivity contribution in [1.29, 1.82) is 0 Å². The van der Waals surface area contributed by atoms with Gasteiger partial charge in [0.1, 0.15) is 11.4 Å². The lowest BCUT2D eigenvalue weighted by molar-refractivity contribution is -0.111. The summed E-state index contributed by atoms with van der Waals surface area (Å²) in [4.78, 5) is 35.2. The zero-order valence-corrected chi connectivity index (χ0v) is 25.5. The standard InChI is InChI=1S/C32H39N7O4/c1-8-29(40)35-25-18-26(28(42-7)17-21(25)19-33-15-16-38(5)31(41)43-32(2,3)4)37-30-34-14-13-24(36-30)23-20-39(6)27-12-10-9-11-22(23)27/h8-14,17-18,20,33H,1,15-16,19H2,2-7H3,(H,35,40)(H,34,36,37). The van der Waals surface area contributed by atoms with E-state index in [4.69, 9.17) is 14.5 Å². The van der Waals surface area contributed by atoms with Crippen molar-refractivity contribution in [1.82, 2.24) is 24.8 Å². The van der Waals surface area contributed by atoms with Gasteiger partial charge in [-0.05, 0) is 56.7 Å². The van der Waals surface area contributed by atoms with Crippen molar-refractivity contribution in [2.24, 2.45) is 7.05 Å². The van der Waals surface area contributed by atoms with Gasteiger partial charge in [0.25, 0.3) is 0 Å². The van der Waals surface area contributed by atoms with Crippen LogP contribution in [0.15, 0.2) is 67.5 Å². The fourth-order valence-electron chi connectivity index (χ4n) is 4.47. The van der Waals surface area contributed by atoms with E-state index in [1.54, 1.807) is 26.4 Å². The highest BCUT2D eigenvalue weighted by Crippen LogP contribution is 2.34. The summed E-state index contributed by atoms with van der Waals surface area (Å²) in [6.45, 7) is 10.4. The number of para-hydroxylation sites is 1. The van der Waals surface area contributed by atoms with Crippen molar-refractivity contribution in [2.45, 2.75) is 32.9 Å². The monoisotopic (exact) mass is 585 g/mol. The van der Waals surface area contributed by atoms with Crippen molar-refractivity contribution < 1.29 is 19.1 Å². The van der Waals surface area contributed by atoms with E-state index >= 15 is 0 Å². The van der Waals surface area contributed by atoms with Gasteiger partial charge in [0, 0.05) is 68.3 Å². The van der Waals surface area contributed by atoms with Gasteiger partial charge in [-0.1, -0.05) is 24.8 Å². The molecule has 0 aliphatic carbocycles. The lowest BCUT2D eigenvalue weighted by Gasteiger charge is -2.24. The molecule has 0 aliphatic heterocycles. The molecular formula is C32H39N7O4. The number of aryl methyl sites for hydroxylation is 1. The zero-order chi connectivity index (χ0) is 31.1. The normalized spacial score (nSPS) is 11.2. The van der Waals surface area contributed by atoms with E-state index in [0.29, 0.717) is 42.7 Å². The van der Waals surface area contributed by atoms with Crippen LogP contribution in [0.2, 0.25) is 0 Å². The van der Waals surface area contributed by atoms with Crippen molar-refractivity contribution in [2.75, 3.05) is 37.9 Å². The fraction of sp³-hybridized carbons (Fsp3) is 0.312.